The second kappa shape index (κ2) is 5.79. The zero-order chi connectivity index (χ0) is 15.8. The number of hydrogen-bond donors (Lipinski definition) is 2. The molecule has 0 aliphatic carbocycles. The van der Waals surface area contributed by atoms with Crippen molar-refractivity contribution < 1.29 is 14.3 Å². The molecule has 6 heteroatoms. The number of aromatic nitrogens is 1. The predicted molar refractivity (Wildman–Crippen MR) is 86.2 cm³/mol. The van der Waals surface area contributed by atoms with E-state index in [-0.39, 0.29) is 24.3 Å². The molecule has 2 saturated heterocycles. The summed E-state index contributed by atoms with van der Waals surface area (Å²) in [6.07, 6.45) is 4.27. The molecule has 2 N–H and O–H groups in total. The summed E-state index contributed by atoms with van der Waals surface area (Å²) in [4.78, 5) is 29.3. The maximum atomic E-state index is 12.6. The van der Waals surface area contributed by atoms with Gasteiger partial charge < -0.3 is 15.0 Å². The Balaban J connectivity index is 1.50. The van der Waals surface area contributed by atoms with E-state index < -0.39 is 6.04 Å². The number of fused-ring (bicyclic) bond motifs is 1. The molecule has 2 aromatic rings. The van der Waals surface area contributed by atoms with Gasteiger partial charge in [0.25, 0.3) is 5.91 Å². The number of rotatable bonds is 4. The number of nitrogens with zero attached hydrogens (tertiary/aromatic N) is 1. The fraction of sp³-hybridized carbons (Fsp3) is 0.412. The summed E-state index contributed by atoms with van der Waals surface area (Å²) >= 11 is 0. The van der Waals surface area contributed by atoms with Crippen molar-refractivity contribution in [1.82, 2.24) is 10.3 Å². The van der Waals surface area contributed by atoms with Crippen LogP contribution in [0, 0.1) is 0 Å². The molecule has 2 aliphatic rings. The van der Waals surface area contributed by atoms with E-state index in [2.05, 4.69) is 10.3 Å². The third kappa shape index (κ3) is 2.64. The van der Waals surface area contributed by atoms with Crippen molar-refractivity contribution in [3.63, 3.8) is 0 Å². The van der Waals surface area contributed by atoms with Crippen LogP contribution < -0.4 is 10.2 Å². The minimum atomic E-state index is -0.453. The lowest BCUT2D eigenvalue weighted by molar-refractivity contribution is -0.121. The van der Waals surface area contributed by atoms with Crippen LogP contribution >= 0.6 is 0 Å². The maximum absolute atomic E-state index is 12.6. The van der Waals surface area contributed by atoms with Crippen LogP contribution in [-0.4, -0.2) is 42.1 Å². The zero-order valence-electron chi connectivity index (χ0n) is 12.7. The zero-order valence-corrected chi connectivity index (χ0v) is 12.7. The fourth-order valence-corrected chi connectivity index (χ4v) is 3.32. The molecule has 0 spiro atoms. The van der Waals surface area contributed by atoms with Crippen LogP contribution in [0.25, 0.3) is 10.9 Å². The highest BCUT2D eigenvalue weighted by molar-refractivity contribution is 6.22. The number of imide groups is 1. The van der Waals surface area contributed by atoms with Crippen LogP contribution in [0.5, 0.6) is 0 Å². The number of carbonyl (C=O) groups is 2. The Morgan fingerprint density at radius 2 is 2.22 bits per heavy atom. The number of aromatic amines is 1. The van der Waals surface area contributed by atoms with Gasteiger partial charge in [-0.1, -0.05) is 6.07 Å². The highest BCUT2D eigenvalue weighted by Gasteiger charge is 2.39. The molecule has 120 valence electrons. The topological polar surface area (TPSA) is 74.4 Å². The van der Waals surface area contributed by atoms with Gasteiger partial charge in [-0.05, 0) is 36.4 Å². The molecule has 0 radical (unpaired) electrons. The number of benzene rings is 1. The number of H-pyrrole nitrogens is 1. The first kappa shape index (κ1) is 14.4. The minimum absolute atomic E-state index is 0.155. The van der Waals surface area contributed by atoms with Gasteiger partial charge in [0.15, 0.2) is 0 Å². The Hall–Kier alpha value is -2.18. The molecule has 2 amide bonds. The molecule has 1 aromatic heterocycles. The average molecular weight is 313 g/mol. The van der Waals surface area contributed by atoms with Crippen molar-refractivity contribution in [2.45, 2.75) is 31.4 Å². The van der Waals surface area contributed by atoms with Crippen LogP contribution in [0.3, 0.4) is 0 Å². The molecule has 1 aromatic carbocycles. The molecule has 2 fully saturated rings. The minimum Gasteiger partial charge on any atom is -0.377 e. The molecule has 4 rings (SSSR count). The van der Waals surface area contributed by atoms with Crippen molar-refractivity contribution in [1.29, 1.82) is 0 Å². The number of ether oxygens (including phenoxy) is 1. The van der Waals surface area contributed by atoms with Gasteiger partial charge >= 0.3 is 0 Å². The SMILES string of the molecule is O=C1CC(NCC2CCCO2)C(=O)N1c1ccc2cc[nH]c2c1. The molecule has 6 nitrogen and oxygen atoms in total. The van der Waals surface area contributed by atoms with Crippen molar-refractivity contribution >= 4 is 28.4 Å². The van der Waals surface area contributed by atoms with Gasteiger partial charge in [0.05, 0.1) is 24.3 Å². The normalized spacial score (nSPS) is 25.0. The number of anilines is 1. The molecular weight excluding hydrogens is 294 g/mol. The number of hydrogen-bond acceptors (Lipinski definition) is 4. The first-order chi connectivity index (χ1) is 11.2. The van der Waals surface area contributed by atoms with E-state index in [0.29, 0.717) is 12.2 Å². The Morgan fingerprint density at radius 1 is 1.30 bits per heavy atom. The predicted octanol–water partition coefficient (Wildman–Crippen LogP) is 1.57. The van der Waals surface area contributed by atoms with E-state index in [9.17, 15) is 9.59 Å². The van der Waals surface area contributed by atoms with Crippen molar-refractivity contribution in [3.8, 4) is 0 Å². The van der Waals surface area contributed by atoms with E-state index in [1.807, 2.05) is 30.5 Å². The summed E-state index contributed by atoms with van der Waals surface area (Å²) < 4.78 is 5.55. The third-order valence-corrected chi connectivity index (χ3v) is 4.56. The molecule has 0 saturated carbocycles. The highest BCUT2D eigenvalue weighted by Crippen LogP contribution is 2.26. The van der Waals surface area contributed by atoms with E-state index in [0.717, 1.165) is 30.4 Å². The molecule has 3 heterocycles. The standard InChI is InChI=1S/C17H19N3O3/c21-16-9-15(19-10-13-2-1-7-23-13)17(22)20(16)12-4-3-11-5-6-18-14(11)8-12/h3-6,8,13,15,18-19H,1-2,7,9-10H2. The van der Waals surface area contributed by atoms with Gasteiger partial charge in [0.1, 0.15) is 0 Å². The monoisotopic (exact) mass is 313 g/mol. The highest BCUT2D eigenvalue weighted by atomic mass is 16.5. The van der Waals surface area contributed by atoms with Crippen LogP contribution in [0.4, 0.5) is 5.69 Å². The first-order valence-electron chi connectivity index (χ1n) is 8.01. The van der Waals surface area contributed by atoms with Gasteiger partial charge in [0.2, 0.25) is 5.91 Å². The van der Waals surface area contributed by atoms with Gasteiger partial charge in [-0.25, -0.2) is 4.90 Å². The van der Waals surface area contributed by atoms with Crippen LogP contribution in [0.1, 0.15) is 19.3 Å². The summed E-state index contributed by atoms with van der Waals surface area (Å²) in [6.45, 7) is 1.40. The van der Waals surface area contributed by atoms with Crippen LogP contribution in [-0.2, 0) is 14.3 Å². The van der Waals surface area contributed by atoms with Gasteiger partial charge in [-0.3, -0.25) is 9.59 Å². The summed E-state index contributed by atoms with van der Waals surface area (Å²) in [5, 5.41) is 4.25. The Kier molecular flexibility index (Phi) is 3.63. The third-order valence-electron chi connectivity index (χ3n) is 4.56. The summed E-state index contributed by atoms with van der Waals surface area (Å²) in [5.41, 5.74) is 1.54. The quantitative estimate of drug-likeness (QED) is 0.840. The molecule has 0 bridgehead atoms. The Labute approximate surface area is 133 Å². The van der Waals surface area contributed by atoms with Crippen molar-refractivity contribution in [3.05, 3.63) is 30.5 Å². The molecule has 23 heavy (non-hydrogen) atoms. The second-order valence-electron chi connectivity index (χ2n) is 6.12. The van der Waals surface area contributed by atoms with Crippen LogP contribution in [0.2, 0.25) is 0 Å². The Bertz CT molecular complexity index is 748. The lowest BCUT2D eigenvalue weighted by Gasteiger charge is -2.17. The second-order valence-corrected chi connectivity index (χ2v) is 6.12. The summed E-state index contributed by atoms with van der Waals surface area (Å²) in [6, 6.07) is 7.07. The van der Waals surface area contributed by atoms with Gasteiger partial charge in [0, 0.05) is 24.9 Å². The molecule has 2 atom stereocenters. The fourth-order valence-electron chi connectivity index (χ4n) is 3.32. The molecule has 2 aliphatic heterocycles. The van der Waals surface area contributed by atoms with Gasteiger partial charge in [-0.2, -0.15) is 0 Å². The molecular formula is C17H19N3O3. The number of amides is 2. The van der Waals surface area contributed by atoms with Crippen LogP contribution in [0.15, 0.2) is 30.5 Å². The van der Waals surface area contributed by atoms with Crippen molar-refractivity contribution in [2.24, 2.45) is 0 Å². The Morgan fingerprint density at radius 3 is 3.04 bits per heavy atom. The molecule has 2 unspecified atom stereocenters. The summed E-state index contributed by atoms with van der Waals surface area (Å²) in [5.74, 6) is -0.343. The van der Waals surface area contributed by atoms with Gasteiger partial charge in [-0.15, -0.1) is 0 Å². The smallest absolute Gasteiger partial charge is 0.251 e. The summed E-state index contributed by atoms with van der Waals surface area (Å²) in [7, 11) is 0. The maximum Gasteiger partial charge on any atom is 0.251 e. The first-order valence-corrected chi connectivity index (χ1v) is 8.01. The number of nitrogens with one attached hydrogen (secondary N) is 2. The van der Waals surface area contributed by atoms with E-state index >= 15 is 0 Å². The van der Waals surface area contributed by atoms with E-state index in [4.69, 9.17) is 4.74 Å². The number of carbonyl (C=O) groups excluding carboxylic acids is 2. The van der Waals surface area contributed by atoms with Crippen molar-refractivity contribution in [2.75, 3.05) is 18.1 Å². The largest absolute Gasteiger partial charge is 0.377 e. The lowest BCUT2D eigenvalue weighted by atomic mass is 10.2. The van der Waals surface area contributed by atoms with E-state index in [1.54, 1.807) is 0 Å². The average Bonchev–Trinajstić information content (AvgIpc) is 3.25. The lowest BCUT2D eigenvalue weighted by Crippen LogP contribution is -2.41. The van der Waals surface area contributed by atoms with E-state index in [1.165, 1.54) is 4.90 Å².